The maximum absolute atomic E-state index is 13.7. The summed E-state index contributed by atoms with van der Waals surface area (Å²) in [6, 6.07) is 8.52. The lowest BCUT2D eigenvalue weighted by atomic mass is 10.1. The summed E-state index contributed by atoms with van der Waals surface area (Å²) in [7, 11) is 3.09. The van der Waals surface area contributed by atoms with E-state index in [-0.39, 0.29) is 16.8 Å². The first-order valence-electron chi connectivity index (χ1n) is 7.19. The molecule has 0 heterocycles. The van der Waals surface area contributed by atoms with Gasteiger partial charge in [0.2, 0.25) is 0 Å². The number of anilines is 1. The fraction of sp³-hybridized carbons (Fsp3) is 0.235. The highest BCUT2D eigenvalue weighted by Crippen LogP contribution is 2.30. The third-order valence-corrected chi connectivity index (χ3v) is 3.67. The Kier molecular flexibility index (Phi) is 5.87. The van der Waals surface area contributed by atoms with Crippen LogP contribution in [0.1, 0.15) is 18.5 Å². The van der Waals surface area contributed by atoms with Crippen LogP contribution in [0.3, 0.4) is 0 Å². The van der Waals surface area contributed by atoms with Gasteiger partial charge in [-0.15, -0.1) is 0 Å². The highest BCUT2D eigenvalue weighted by Gasteiger charge is 2.14. The molecular weight excluding hydrogens is 335 g/mol. The van der Waals surface area contributed by atoms with E-state index in [9.17, 15) is 9.18 Å². The van der Waals surface area contributed by atoms with Crippen molar-refractivity contribution >= 4 is 23.3 Å². The molecule has 0 saturated carbocycles. The zero-order valence-corrected chi connectivity index (χ0v) is 14.3. The standard InChI is InChI=1S/C17H18ClFN2O3/c1-10(11-4-7-15(23-2)16(8-11)24-3)20-17(22)21-14-6-5-12(18)9-13(14)19/h4-10H,1-3H3,(H2,20,21,22)/t10-/m0/s1. The number of halogens is 2. The van der Waals surface area contributed by atoms with Crippen LogP contribution in [-0.2, 0) is 0 Å². The molecule has 128 valence electrons. The summed E-state index contributed by atoms with van der Waals surface area (Å²) < 4.78 is 24.1. The van der Waals surface area contributed by atoms with E-state index in [0.717, 1.165) is 11.6 Å². The number of hydrogen-bond acceptors (Lipinski definition) is 3. The maximum Gasteiger partial charge on any atom is 0.319 e. The van der Waals surface area contributed by atoms with Gasteiger partial charge in [-0.2, -0.15) is 0 Å². The summed E-state index contributed by atoms with van der Waals surface area (Å²) in [6.07, 6.45) is 0. The number of rotatable bonds is 5. The van der Waals surface area contributed by atoms with E-state index in [1.165, 1.54) is 19.2 Å². The largest absolute Gasteiger partial charge is 0.493 e. The average Bonchev–Trinajstić information content (AvgIpc) is 2.56. The van der Waals surface area contributed by atoms with Gasteiger partial charge in [0, 0.05) is 5.02 Å². The number of benzene rings is 2. The van der Waals surface area contributed by atoms with Crippen molar-refractivity contribution in [3.8, 4) is 11.5 Å². The Morgan fingerprint density at radius 3 is 2.46 bits per heavy atom. The second kappa shape index (κ2) is 7.88. The van der Waals surface area contributed by atoms with Gasteiger partial charge in [0.15, 0.2) is 11.5 Å². The molecule has 0 spiro atoms. The van der Waals surface area contributed by atoms with Crippen LogP contribution in [0, 0.1) is 5.82 Å². The molecule has 24 heavy (non-hydrogen) atoms. The molecule has 1 atom stereocenters. The van der Waals surface area contributed by atoms with Crippen LogP contribution in [0.2, 0.25) is 5.02 Å². The van der Waals surface area contributed by atoms with Crippen molar-refractivity contribution in [3.05, 3.63) is 52.8 Å². The monoisotopic (exact) mass is 352 g/mol. The van der Waals surface area contributed by atoms with E-state index in [1.807, 2.05) is 6.07 Å². The molecule has 0 radical (unpaired) electrons. The van der Waals surface area contributed by atoms with Crippen LogP contribution in [0.15, 0.2) is 36.4 Å². The van der Waals surface area contributed by atoms with E-state index in [1.54, 1.807) is 26.2 Å². The van der Waals surface area contributed by atoms with Gasteiger partial charge in [-0.1, -0.05) is 17.7 Å². The third kappa shape index (κ3) is 4.29. The minimum absolute atomic E-state index is 0.0522. The van der Waals surface area contributed by atoms with Crippen molar-refractivity contribution in [2.75, 3.05) is 19.5 Å². The lowest BCUT2D eigenvalue weighted by Gasteiger charge is -2.17. The molecule has 2 rings (SSSR count). The van der Waals surface area contributed by atoms with Gasteiger partial charge in [-0.25, -0.2) is 9.18 Å². The Hall–Kier alpha value is -2.47. The van der Waals surface area contributed by atoms with Crippen LogP contribution in [0.5, 0.6) is 11.5 Å². The number of carbonyl (C=O) groups excluding carboxylic acids is 1. The average molecular weight is 353 g/mol. The predicted molar refractivity (Wildman–Crippen MR) is 91.5 cm³/mol. The van der Waals surface area contributed by atoms with Gasteiger partial charge in [-0.3, -0.25) is 0 Å². The minimum atomic E-state index is -0.601. The number of hydrogen-bond donors (Lipinski definition) is 2. The van der Waals surface area contributed by atoms with Crippen LogP contribution in [0.25, 0.3) is 0 Å². The maximum atomic E-state index is 13.7. The van der Waals surface area contributed by atoms with Crippen LogP contribution < -0.4 is 20.1 Å². The number of nitrogens with one attached hydrogen (secondary N) is 2. The van der Waals surface area contributed by atoms with Gasteiger partial charge in [-0.05, 0) is 42.8 Å². The summed E-state index contributed by atoms with van der Waals surface area (Å²) in [5.74, 6) is 0.561. The van der Waals surface area contributed by atoms with Crippen molar-refractivity contribution in [2.45, 2.75) is 13.0 Å². The molecule has 0 saturated heterocycles. The smallest absolute Gasteiger partial charge is 0.319 e. The van der Waals surface area contributed by atoms with E-state index >= 15 is 0 Å². The van der Waals surface area contributed by atoms with Gasteiger partial charge in [0.05, 0.1) is 25.9 Å². The Labute approximate surface area is 144 Å². The first-order valence-corrected chi connectivity index (χ1v) is 7.57. The Bertz CT molecular complexity index is 740. The van der Waals surface area contributed by atoms with Gasteiger partial charge in [0.25, 0.3) is 0 Å². The Balaban J connectivity index is 2.06. The number of ether oxygens (including phenoxy) is 2. The number of urea groups is 1. The molecule has 0 unspecified atom stereocenters. The Morgan fingerprint density at radius 2 is 1.83 bits per heavy atom. The van der Waals surface area contributed by atoms with Crippen molar-refractivity contribution in [1.29, 1.82) is 0 Å². The van der Waals surface area contributed by atoms with Crippen LogP contribution in [-0.4, -0.2) is 20.3 Å². The van der Waals surface area contributed by atoms with Gasteiger partial charge in [0.1, 0.15) is 5.82 Å². The zero-order valence-electron chi connectivity index (χ0n) is 13.5. The molecule has 0 aromatic heterocycles. The first-order chi connectivity index (χ1) is 11.4. The summed E-state index contributed by atoms with van der Waals surface area (Å²) in [6.45, 7) is 1.80. The van der Waals surface area contributed by atoms with Crippen molar-refractivity contribution < 1.29 is 18.7 Å². The van der Waals surface area contributed by atoms with Crippen molar-refractivity contribution in [3.63, 3.8) is 0 Å². The lowest BCUT2D eigenvalue weighted by molar-refractivity contribution is 0.249. The van der Waals surface area contributed by atoms with Crippen molar-refractivity contribution in [2.24, 2.45) is 0 Å². The molecule has 2 N–H and O–H groups in total. The third-order valence-electron chi connectivity index (χ3n) is 3.43. The number of methoxy groups -OCH3 is 2. The Morgan fingerprint density at radius 1 is 1.12 bits per heavy atom. The highest BCUT2D eigenvalue weighted by atomic mass is 35.5. The highest BCUT2D eigenvalue weighted by molar-refractivity contribution is 6.30. The number of carbonyl (C=O) groups is 1. The van der Waals surface area contributed by atoms with Crippen molar-refractivity contribution in [1.82, 2.24) is 5.32 Å². The fourth-order valence-corrected chi connectivity index (χ4v) is 2.31. The SMILES string of the molecule is COc1ccc([C@H](C)NC(=O)Nc2ccc(Cl)cc2F)cc1OC. The summed E-state index contributed by atoms with van der Waals surface area (Å²) >= 11 is 5.68. The summed E-state index contributed by atoms with van der Waals surface area (Å²) in [4.78, 5) is 12.0. The molecule has 2 aromatic carbocycles. The van der Waals surface area contributed by atoms with E-state index in [4.69, 9.17) is 21.1 Å². The van der Waals surface area contributed by atoms with Gasteiger partial charge >= 0.3 is 6.03 Å². The van der Waals surface area contributed by atoms with E-state index < -0.39 is 11.8 Å². The zero-order chi connectivity index (χ0) is 17.7. The topological polar surface area (TPSA) is 59.6 Å². The fourth-order valence-electron chi connectivity index (χ4n) is 2.15. The molecule has 0 bridgehead atoms. The molecule has 7 heteroatoms. The van der Waals surface area contributed by atoms with Gasteiger partial charge < -0.3 is 20.1 Å². The molecule has 0 fully saturated rings. The van der Waals surface area contributed by atoms with Crippen LogP contribution in [0.4, 0.5) is 14.9 Å². The predicted octanol–water partition coefficient (Wildman–Crippen LogP) is 4.38. The second-order valence-corrected chi connectivity index (χ2v) is 5.50. The molecule has 5 nitrogen and oxygen atoms in total. The molecule has 0 aliphatic rings. The summed E-state index contributed by atoms with van der Waals surface area (Å²) in [5.41, 5.74) is 0.871. The minimum Gasteiger partial charge on any atom is -0.493 e. The molecular formula is C17H18ClFN2O3. The quantitative estimate of drug-likeness (QED) is 0.839. The van der Waals surface area contributed by atoms with E-state index in [0.29, 0.717) is 11.5 Å². The van der Waals surface area contributed by atoms with Crippen LogP contribution >= 0.6 is 11.6 Å². The molecule has 0 aliphatic heterocycles. The second-order valence-electron chi connectivity index (χ2n) is 5.06. The lowest BCUT2D eigenvalue weighted by Crippen LogP contribution is -2.31. The molecule has 2 aromatic rings. The number of amides is 2. The first kappa shape index (κ1) is 17.9. The molecule has 2 amide bonds. The molecule has 0 aliphatic carbocycles. The normalized spacial score (nSPS) is 11.5. The summed E-state index contributed by atoms with van der Waals surface area (Å²) in [5, 5.41) is 5.44. The van der Waals surface area contributed by atoms with E-state index in [2.05, 4.69) is 10.6 Å².